The van der Waals surface area contributed by atoms with Crippen molar-refractivity contribution in [2.24, 2.45) is 11.8 Å². The van der Waals surface area contributed by atoms with Crippen molar-refractivity contribution in [3.63, 3.8) is 0 Å². The number of aliphatic hydroxyl groups excluding tert-OH is 1. The SMILES string of the molecule is COC(=O)CCCCCCCCC[C@H]1C(=O)CC[C@@H]1/C=C/[C@@H](O)COc1c(F)c(F)c(F)c(F)c1F. The average molecular weight is 521 g/mol. The Kier molecular flexibility index (Phi) is 12.3. The van der Waals surface area contributed by atoms with Gasteiger partial charge in [0, 0.05) is 18.8 Å². The van der Waals surface area contributed by atoms with Gasteiger partial charge < -0.3 is 14.6 Å². The molecule has 0 radical (unpaired) electrons. The van der Waals surface area contributed by atoms with Gasteiger partial charge in [-0.25, -0.2) is 13.2 Å². The number of unbranched alkanes of at least 4 members (excludes halogenated alkanes) is 6. The van der Waals surface area contributed by atoms with Crippen LogP contribution in [0.5, 0.6) is 5.75 Å². The Hall–Kier alpha value is -2.49. The molecule has 5 nitrogen and oxygen atoms in total. The highest BCUT2D eigenvalue weighted by atomic mass is 19.2. The molecule has 1 aromatic rings. The van der Waals surface area contributed by atoms with Gasteiger partial charge in [0.15, 0.2) is 5.75 Å². The van der Waals surface area contributed by atoms with Crippen LogP contribution in [0.15, 0.2) is 12.2 Å². The van der Waals surface area contributed by atoms with Crippen molar-refractivity contribution in [3.8, 4) is 5.75 Å². The second kappa shape index (κ2) is 14.9. The van der Waals surface area contributed by atoms with Crippen molar-refractivity contribution < 1.29 is 46.1 Å². The molecular formula is C26H33F5O5. The Balaban J connectivity index is 1.73. The van der Waals surface area contributed by atoms with Gasteiger partial charge in [0.05, 0.1) is 7.11 Å². The van der Waals surface area contributed by atoms with Gasteiger partial charge in [0.2, 0.25) is 29.1 Å². The van der Waals surface area contributed by atoms with Crippen LogP contribution in [-0.2, 0) is 14.3 Å². The molecule has 1 saturated carbocycles. The molecule has 0 spiro atoms. The van der Waals surface area contributed by atoms with E-state index in [9.17, 15) is 36.6 Å². The van der Waals surface area contributed by atoms with Gasteiger partial charge in [0.25, 0.3) is 0 Å². The largest absolute Gasteiger partial charge is 0.484 e. The minimum Gasteiger partial charge on any atom is -0.484 e. The number of hydrogen-bond donors (Lipinski definition) is 1. The van der Waals surface area contributed by atoms with E-state index in [0.29, 0.717) is 25.7 Å². The quantitative estimate of drug-likeness (QED) is 0.0772. The number of ether oxygens (including phenoxy) is 2. The third-order valence-corrected chi connectivity index (χ3v) is 6.43. The van der Waals surface area contributed by atoms with Crippen molar-refractivity contribution in [1.82, 2.24) is 0 Å². The second-order valence-electron chi connectivity index (χ2n) is 9.03. The lowest BCUT2D eigenvalue weighted by Crippen LogP contribution is -2.18. The van der Waals surface area contributed by atoms with E-state index in [1.807, 2.05) is 0 Å². The summed E-state index contributed by atoms with van der Waals surface area (Å²) in [6.45, 7) is -0.722. The molecule has 1 aliphatic rings. The summed E-state index contributed by atoms with van der Waals surface area (Å²) in [5.74, 6) is -12.5. The molecule has 1 aromatic carbocycles. The van der Waals surface area contributed by atoms with Gasteiger partial charge in [-0.05, 0) is 25.2 Å². The number of aliphatic hydroxyl groups is 1. The number of esters is 1. The summed E-state index contributed by atoms with van der Waals surface area (Å²) in [6, 6.07) is 0. The Morgan fingerprint density at radius 1 is 0.944 bits per heavy atom. The predicted molar refractivity (Wildman–Crippen MR) is 122 cm³/mol. The lowest BCUT2D eigenvalue weighted by atomic mass is 9.89. The van der Waals surface area contributed by atoms with E-state index < -0.39 is 47.5 Å². The fourth-order valence-electron chi connectivity index (χ4n) is 4.37. The maximum absolute atomic E-state index is 13.7. The first-order chi connectivity index (χ1) is 17.2. The molecule has 0 unspecified atom stereocenters. The number of benzene rings is 1. The van der Waals surface area contributed by atoms with Gasteiger partial charge >= 0.3 is 5.97 Å². The van der Waals surface area contributed by atoms with Crippen LogP contribution >= 0.6 is 0 Å². The molecule has 1 aliphatic carbocycles. The highest BCUT2D eigenvalue weighted by molar-refractivity contribution is 5.83. The summed E-state index contributed by atoms with van der Waals surface area (Å²) in [7, 11) is 1.38. The Morgan fingerprint density at radius 2 is 1.50 bits per heavy atom. The number of hydrogen-bond acceptors (Lipinski definition) is 5. The number of rotatable bonds is 15. The lowest BCUT2D eigenvalue weighted by molar-refractivity contribution is -0.140. The average Bonchev–Trinajstić information content (AvgIpc) is 3.22. The van der Waals surface area contributed by atoms with Crippen molar-refractivity contribution in [2.45, 2.75) is 76.7 Å². The molecule has 36 heavy (non-hydrogen) atoms. The zero-order valence-electron chi connectivity index (χ0n) is 20.3. The summed E-state index contributed by atoms with van der Waals surface area (Å²) in [5, 5.41) is 10.0. The first-order valence-corrected chi connectivity index (χ1v) is 12.3. The molecule has 10 heteroatoms. The van der Waals surface area contributed by atoms with E-state index in [4.69, 9.17) is 0 Å². The summed E-state index contributed by atoms with van der Waals surface area (Å²) >= 11 is 0. The Labute approximate surface area is 207 Å². The van der Waals surface area contributed by atoms with E-state index in [-0.39, 0.29) is 23.6 Å². The number of ketones is 1. The monoisotopic (exact) mass is 520 g/mol. The molecule has 0 amide bonds. The van der Waals surface area contributed by atoms with Crippen LogP contribution in [0.1, 0.15) is 70.6 Å². The van der Waals surface area contributed by atoms with Crippen molar-refractivity contribution in [2.75, 3.05) is 13.7 Å². The van der Waals surface area contributed by atoms with Gasteiger partial charge in [-0.15, -0.1) is 0 Å². The van der Waals surface area contributed by atoms with Crippen LogP contribution in [0.2, 0.25) is 0 Å². The van der Waals surface area contributed by atoms with E-state index in [1.54, 1.807) is 6.08 Å². The van der Waals surface area contributed by atoms with E-state index >= 15 is 0 Å². The maximum atomic E-state index is 13.7. The molecule has 2 rings (SSSR count). The predicted octanol–water partition coefficient (Wildman–Crippen LogP) is 5.96. The molecule has 0 bridgehead atoms. The first-order valence-electron chi connectivity index (χ1n) is 12.3. The molecular weight excluding hydrogens is 487 g/mol. The van der Waals surface area contributed by atoms with Crippen LogP contribution in [0.4, 0.5) is 22.0 Å². The standard InChI is InChI=1S/C26H33F5O5/c1-35-20(34)10-8-6-4-2-3-5-7-9-18-16(12-14-19(18)33)11-13-17(32)15-36-26-24(30)22(28)21(27)23(29)25(26)31/h11,13,16-18,32H,2-10,12,14-15H2,1H3/b13-11+/t16-,17+,18+/m0/s1. The van der Waals surface area contributed by atoms with Gasteiger partial charge in [-0.1, -0.05) is 50.7 Å². The highest BCUT2D eigenvalue weighted by Crippen LogP contribution is 2.34. The molecule has 0 heterocycles. The smallest absolute Gasteiger partial charge is 0.305 e. The number of Topliss-reactive ketones (excluding diaryl/α,β-unsaturated/α-hetero) is 1. The van der Waals surface area contributed by atoms with Crippen molar-refractivity contribution in [1.29, 1.82) is 0 Å². The number of halogens is 5. The molecule has 202 valence electrons. The van der Waals surface area contributed by atoms with Crippen LogP contribution in [0.25, 0.3) is 0 Å². The molecule has 0 aromatic heterocycles. The van der Waals surface area contributed by atoms with Crippen LogP contribution < -0.4 is 4.74 Å². The molecule has 1 N–H and O–H groups in total. The second-order valence-corrected chi connectivity index (χ2v) is 9.03. The topological polar surface area (TPSA) is 72.8 Å². The summed E-state index contributed by atoms with van der Waals surface area (Å²) in [6.07, 6.45) is 10.6. The minimum absolute atomic E-state index is 0.0975. The first kappa shape index (κ1) is 29.7. The number of carbonyl (C=O) groups excluding carboxylic acids is 2. The normalized spacial score (nSPS) is 18.7. The molecule has 1 fully saturated rings. The highest BCUT2D eigenvalue weighted by Gasteiger charge is 2.32. The van der Waals surface area contributed by atoms with E-state index in [1.165, 1.54) is 13.2 Å². The number of carbonyl (C=O) groups is 2. The number of allylic oxidation sites excluding steroid dienone is 1. The molecule has 0 aliphatic heterocycles. The van der Waals surface area contributed by atoms with Gasteiger partial charge in [0.1, 0.15) is 18.5 Å². The molecule has 0 saturated heterocycles. The van der Waals surface area contributed by atoms with Crippen molar-refractivity contribution >= 4 is 11.8 Å². The van der Waals surface area contributed by atoms with Crippen LogP contribution in [0, 0.1) is 40.9 Å². The Bertz CT molecular complexity index is 891. The Morgan fingerprint density at radius 3 is 2.11 bits per heavy atom. The van der Waals surface area contributed by atoms with Crippen LogP contribution in [0.3, 0.4) is 0 Å². The van der Waals surface area contributed by atoms with Crippen molar-refractivity contribution in [3.05, 3.63) is 41.2 Å². The summed E-state index contributed by atoms with van der Waals surface area (Å²) in [4.78, 5) is 23.3. The third-order valence-electron chi connectivity index (χ3n) is 6.43. The number of methoxy groups -OCH3 is 1. The van der Waals surface area contributed by atoms with Crippen LogP contribution in [-0.4, -0.2) is 36.7 Å². The fraction of sp³-hybridized carbons (Fsp3) is 0.615. The lowest BCUT2D eigenvalue weighted by Gasteiger charge is -2.16. The zero-order valence-corrected chi connectivity index (χ0v) is 20.3. The molecule has 3 atom stereocenters. The van der Waals surface area contributed by atoms with E-state index in [0.717, 1.165) is 44.9 Å². The van der Waals surface area contributed by atoms with Gasteiger partial charge in [-0.3, -0.25) is 9.59 Å². The van der Waals surface area contributed by atoms with Gasteiger partial charge in [-0.2, -0.15) is 8.78 Å². The van der Waals surface area contributed by atoms with E-state index in [2.05, 4.69) is 9.47 Å². The third kappa shape index (κ3) is 8.57. The zero-order chi connectivity index (χ0) is 26.7. The summed E-state index contributed by atoms with van der Waals surface area (Å²) < 4.78 is 76.2. The summed E-state index contributed by atoms with van der Waals surface area (Å²) in [5.41, 5.74) is 0. The maximum Gasteiger partial charge on any atom is 0.305 e. The fourth-order valence-corrected chi connectivity index (χ4v) is 4.37. The minimum atomic E-state index is -2.29.